The summed E-state index contributed by atoms with van der Waals surface area (Å²) < 4.78 is 0. The Balaban J connectivity index is 2.33. The molecule has 0 spiro atoms. The molecular weight excluding hydrogens is 282 g/mol. The van der Waals surface area contributed by atoms with Crippen molar-refractivity contribution in [3.63, 3.8) is 0 Å². The van der Waals surface area contributed by atoms with Gasteiger partial charge in [0.25, 0.3) is 0 Å². The number of likely N-dealkylation sites (tertiary alicyclic amines) is 1. The summed E-state index contributed by atoms with van der Waals surface area (Å²) in [7, 11) is 1.86. The molecule has 1 heterocycles. The van der Waals surface area contributed by atoms with E-state index >= 15 is 0 Å². The van der Waals surface area contributed by atoms with Crippen molar-refractivity contribution in [1.29, 1.82) is 0 Å². The van der Waals surface area contributed by atoms with Gasteiger partial charge in [0.15, 0.2) is 0 Å². The van der Waals surface area contributed by atoms with Gasteiger partial charge in [-0.3, -0.25) is 19.4 Å². The number of rotatable bonds is 8. The molecule has 0 bridgehead atoms. The van der Waals surface area contributed by atoms with Crippen molar-refractivity contribution in [2.24, 2.45) is 5.92 Å². The molecule has 1 fully saturated rings. The highest BCUT2D eigenvalue weighted by Gasteiger charge is 2.28. The van der Waals surface area contributed by atoms with Gasteiger partial charge in [0.05, 0.1) is 12.6 Å². The first-order valence-corrected chi connectivity index (χ1v) is 8.25. The lowest BCUT2D eigenvalue weighted by atomic mass is 10.0. The van der Waals surface area contributed by atoms with Crippen molar-refractivity contribution in [3.05, 3.63) is 0 Å². The molecule has 1 aliphatic rings. The molecule has 0 aromatic rings. The van der Waals surface area contributed by atoms with Gasteiger partial charge < -0.3 is 10.4 Å². The van der Waals surface area contributed by atoms with Crippen LogP contribution in [0, 0.1) is 5.92 Å². The zero-order valence-corrected chi connectivity index (χ0v) is 14.3. The molecule has 1 rings (SSSR count). The minimum atomic E-state index is -0.789. The van der Waals surface area contributed by atoms with E-state index in [4.69, 9.17) is 5.11 Å². The van der Waals surface area contributed by atoms with Crippen LogP contribution in [0.1, 0.15) is 40.0 Å². The van der Waals surface area contributed by atoms with E-state index in [1.54, 1.807) is 0 Å². The van der Waals surface area contributed by atoms with Gasteiger partial charge in [-0.2, -0.15) is 0 Å². The van der Waals surface area contributed by atoms with E-state index in [2.05, 4.69) is 24.1 Å². The molecule has 0 aliphatic carbocycles. The second-order valence-corrected chi connectivity index (χ2v) is 6.73. The molecule has 22 heavy (non-hydrogen) atoms. The summed E-state index contributed by atoms with van der Waals surface area (Å²) in [4.78, 5) is 27.0. The van der Waals surface area contributed by atoms with Crippen LogP contribution in [-0.2, 0) is 9.59 Å². The van der Waals surface area contributed by atoms with Gasteiger partial charge in [-0.05, 0) is 39.2 Å². The largest absolute Gasteiger partial charge is 0.480 e. The lowest BCUT2D eigenvalue weighted by molar-refractivity contribution is -0.138. The molecule has 1 saturated heterocycles. The van der Waals surface area contributed by atoms with Crippen molar-refractivity contribution in [3.8, 4) is 0 Å². The van der Waals surface area contributed by atoms with Crippen LogP contribution in [0.3, 0.4) is 0 Å². The highest BCUT2D eigenvalue weighted by molar-refractivity contribution is 5.81. The molecule has 128 valence electrons. The van der Waals surface area contributed by atoms with Gasteiger partial charge in [0, 0.05) is 25.7 Å². The number of carboxylic acid groups (broad SMARTS) is 1. The van der Waals surface area contributed by atoms with E-state index in [1.165, 1.54) is 0 Å². The first kappa shape index (κ1) is 18.9. The van der Waals surface area contributed by atoms with Crippen molar-refractivity contribution < 1.29 is 14.7 Å². The summed E-state index contributed by atoms with van der Waals surface area (Å²) in [5.41, 5.74) is 0. The smallest absolute Gasteiger partial charge is 0.317 e. The standard InChI is InChI=1S/C16H31N3O3/c1-12(2)5-8-17-16(22)13(3)19-9-6-14(7-10-19)18(4)11-15(20)21/h12-14H,5-11H2,1-4H3,(H,17,22)(H,20,21). The zero-order chi connectivity index (χ0) is 16.7. The number of carbonyl (C=O) groups is 2. The Morgan fingerprint density at radius 3 is 2.36 bits per heavy atom. The van der Waals surface area contributed by atoms with Crippen molar-refractivity contribution in [2.75, 3.05) is 33.2 Å². The third-order valence-corrected chi connectivity index (χ3v) is 4.46. The van der Waals surface area contributed by atoms with Crippen LogP contribution in [0.4, 0.5) is 0 Å². The van der Waals surface area contributed by atoms with Crippen LogP contribution in [0.5, 0.6) is 0 Å². The van der Waals surface area contributed by atoms with Gasteiger partial charge in [-0.15, -0.1) is 0 Å². The first-order chi connectivity index (χ1) is 10.3. The van der Waals surface area contributed by atoms with Gasteiger partial charge in [-0.1, -0.05) is 13.8 Å². The average Bonchev–Trinajstić information content (AvgIpc) is 2.45. The second kappa shape index (κ2) is 9.10. The Hall–Kier alpha value is -1.14. The Morgan fingerprint density at radius 2 is 1.86 bits per heavy atom. The third-order valence-electron chi connectivity index (χ3n) is 4.46. The highest BCUT2D eigenvalue weighted by Crippen LogP contribution is 2.17. The SMILES string of the molecule is CC(C)CCNC(=O)C(C)N1CCC(N(C)CC(=O)O)CC1. The predicted molar refractivity (Wildman–Crippen MR) is 86.8 cm³/mol. The van der Waals surface area contributed by atoms with E-state index in [9.17, 15) is 9.59 Å². The molecule has 0 saturated carbocycles. The first-order valence-electron chi connectivity index (χ1n) is 8.25. The highest BCUT2D eigenvalue weighted by atomic mass is 16.4. The molecule has 0 radical (unpaired) electrons. The fourth-order valence-electron chi connectivity index (χ4n) is 2.85. The molecular formula is C16H31N3O3. The number of nitrogens with zero attached hydrogens (tertiary/aromatic N) is 2. The average molecular weight is 313 g/mol. The van der Waals surface area contributed by atoms with E-state index in [-0.39, 0.29) is 18.5 Å². The molecule has 0 aromatic carbocycles. The van der Waals surface area contributed by atoms with Crippen molar-refractivity contribution in [2.45, 2.75) is 52.1 Å². The second-order valence-electron chi connectivity index (χ2n) is 6.73. The van der Waals surface area contributed by atoms with Crippen LogP contribution >= 0.6 is 0 Å². The maximum absolute atomic E-state index is 12.1. The molecule has 6 heteroatoms. The number of carboxylic acids is 1. The van der Waals surface area contributed by atoms with Crippen molar-refractivity contribution in [1.82, 2.24) is 15.1 Å². The van der Waals surface area contributed by atoms with Crippen LogP contribution in [0.2, 0.25) is 0 Å². The molecule has 1 aliphatic heterocycles. The van der Waals surface area contributed by atoms with Crippen LogP contribution in [0.25, 0.3) is 0 Å². The van der Waals surface area contributed by atoms with Gasteiger partial charge in [-0.25, -0.2) is 0 Å². The molecule has 1 unspecified atom stereocenters. The maximum Gasteiger partial charge on any atom is 0.317 e. The van der Waals surface area contributed by atoms with Crippen LogP contribution < -0.4 is 5.32 Å². The van der Waals surface area contributed by atoms with Gasteiger partial charge >= 0.3 is 5.97 Å². The van der Waals surface area contributed by atoms with Crippen LogP contribution in [0.15, 0.2) is 0 Å². The summed E-state index contributed by atoms with van der Waals surface area (Å²) in [6, 6.07) is 0.182. The summed E-state index contributed by atoms with van der Waals surface area (Å²) >= 11 is 0. The Kier molecular flexibility index (Phi) is 7.82. The normalized spacial score (nSPS) is 18.6. The molecule has 1 atom stereocenters. The van der Waals surface area contributed by atoms with Crippen LogP contribution in [-0.4, -0.2) is 72.1 Å². The summed E-state index contributed by atoms with van der Waals surface area (Å²) in [5.74, 6) is -0.100. The predicted octanol–water partition coefficient (Wildman–Crippen LogP) is 1.02. The number of amides is 1. The molecule has 6 nitrogen and oxygen atoms in total. The van der Waals surface area contributed by atoms with Gasteiger partial charge in [0.2, 0.25) is 5.91 Å². The Bertz CT molecular complexity index is 366. The lowest BCUT2D eigenvalue weighted by Crippen LogP contribution is -2.51. The maximum atomic E-state index is 12.1. The minimum Gasteiger partial charge on any atom is -0.480 e. The minimum absolute atomic E-state index is 0.0793. The number of aliphatic carboxylic acids is 1. The van der Waals surface area contributed by atoms with E-state index in [1.807, 2.05) is 18.9 Å². The number of piperidine rings is 1. The Labute approximate surface area is 133 Å². The molecule has 1 amide bonds. The summed E-state index contributed by atoms with van der Waals surface area (Å²) in [6.45, 7) is 8.74. The number of likely N-dealkylation sites (N-methyl/N-ethyl adjacent to an activating group) is 1. The summed E-state index contributed by atoms with van der Waals surface area (Å²) in [5, 5.41) is 11.8. The molecule has 0 aromatic heterocycles. The molecule has 2 N–H and O–H groups in total. The zero-order valence-electron chi connectivity index (χ0n) is 14.3. The fraction of sp³-hybridized carbons (Fsp3) is 0.875. The number of nitrogens with one attached hydrogen (secondary N) is 1. The quantitative estimate of drug-likeness (QED) is 0.700. The monoisotopic (exact) mass is 313 g/mol. The number of carbonyl (C=O) groups excluding carboxylic acids is 1. The van der Waals surface area contributed by atoms with E-state index < -0.39 is 5.97 Å². The Morgan fingerprint density at radius 1 is 1.27 bits per heavy atom. The summed E-state index contributed by atoms with van der Waals surface area (Å²) in [6.07, 6.45) is 2.82. The van der Waals surface area contributed by atoms with E-state index in [0.717, 1.165) is 38.9 Å². The lowest BCUT2D eigenvalue weighted by Gasteiger charge is -2.38. The third kappa shape index (κ3) is 6.32. The van der Waals surface area contributed by atoms with Crippen molar-refractivity contribution >= 4 is 11.9 Å². The topological polar surface area (TPSA) is 72.9 Å². The fourth-order valence-corrected chi connectivity index (χ4v) is 2.85. The van der Waals surface area contributed by atoms with Gasteiger partial charge in [0.1, 0.15) is 0 Å². The number of hydrogen-bond acceptors (Lipinski definition) is 4. The van der Waals surface area contributed by atoms with E-state index in [0.29, 0.717) is 12.0 Å². The number of hydrogen-bond donors (Lipinski definition) is 2.